The van der Waals surface area contributed by atoms with Gasteiger partial charge in [0.2, 0.25) is 5.78 Å². The molecule has 6 atom stereocenters. The Kier molecular flexibility index (Phi) is 6.76. The van der Waals surface area contributed by atoms with Gasteiger partial charge in [0.15, 0.2) is 23.1 Å². The number of ketones is 2. The van der Waals surface area contributed by atoms with Gasteiger partial charge in [0, 0.05) is 28.3 Å². The Morgan fingerprint density at radius 3 is 2.40 bits per heavy atom. The summed E-state index contributed by atoms with van der Waals surface area (Å²) in [6.45, 7) is 10.8. The van der Waals surface area contributed by atoms with Crippen molar-refractivity contribution in [1.82, 2.24) is 4.90 Å². The number of hydrogen-bond acceptors (Lipinski definition) is 10. The number of hydrogen-bond donors (Lipinski definition) is 2. The number of aryl methyl sites for hydroxylation is 1. The second kappa shape index (κ2) is 9.80. The van der Waals surface area contributed by atoms with Crippen molar-refractivity contribution in [3.8, 4) is 5.75 Å². The highest BCUT2D eigenvalue weighted by Crippen LogP contribution is 2.49. The fourth-order valence-electron chi connectivity index (χ4n) is 6.51. The third-order valence-corrected chi connectivity index (χ3v) is 9.41. The maximum Gasteiger partial charge on any atom is 0.202 e. The molecule has 10 nitrogen and oxygen atoms in total. The zero-order chi connectivity index (χ0) is 31.3. The highest BCUT2D eigenvalue weighted by atomic mass is 16.8. The summed E-state index contributed by atoms with van der Waals surface area (Å²) in [5.74, 6) is -1.29. The van der Waals surface area contributed by atoms with Crippen molar-refractivity contribution < 1.29 is 38.4 Å². The number of phenols is 1. The first-order valence-corrected chi connectivity index (χ1v) is 14.5. The van der Waals surface area contributed by atoms with Gasteiger partial charge >= 0.3 is 0 Å². The molecule has 2 saturated heterocycles. The van der Waals surface area contributed by atoms with E-state index in [9.17, 15) is 24.6 Å². The molecule has 0 radical (unpaired) electrons. The molecule has 228 valence electrons. The minimum atomic E-state index is -1.04. The van der Waals surface area contributed by atoms with E-state index >= 15 is 0 Å². The highest BCUT2D eigenvalue weighted by molar-refractivity contribution is 6.32. The Bertz CT molecular complexity index is 1760. The Balaban J connectivity index is 1.50. The molecule has 1 aromatic heterocycles. The van der Waals surface area contributed by atoms with E-state index in [-0.39, 0.29) is 56.3 Å². The molecule has 2 aliphatic heterocycles. The minimum absolute atomic E-state index is 0.0304. The van der Waals surface area contributed by atoms with Crippen LogP contribution in [0.1, 0.15) is 95.9 Å². The van der Waals surface area contributed by atoms with E-state index in [1.807, 2.05) is 39.8 Å². The van der Waals surface area contributed by atoms with Gasteiger partial charge in [-0.1, -0.05) is 6.07 Å². The van der Waals surface area contributed by atoms with Crippen LogP contribution in [0.3, 0.4) is 0 Å². The van der Waals surface area contributed by atoms with Crippen LogP contribution in [-0.2, 0) is 19.8 Å². The molecule has 0 bridgehead atoms. The van der Waals surface area contributed by atoms with E-state index in [0.29, 0.717) is 17.5 Å². The van der Waals surface area contributed by atoms with Crippen LogP contribution in [0.25, 0.3) is 11.0 Å². The standard InChI is InChI=1S/C33H37NO9/c1-14(2)40-31-33(6,43-31)22-12-20(35)23-15(3)11-19-25(29(23)42-22)28(38)24-18(26(19)36)10-9-17(27(24)37)21-13-32(5,34(7)8)30(39)16(4)41-21/h9-12,14,16,21,30-31,37,39H,13H2,1-8H3. The largest absolute Gasteiger partial charge is 0.507 e. The fourth-order valence-corrected chi connectivity index (χ4v) is 6.51. The maximum atomic E-state index is 14.3. The molecule has 0 saturated carbocycles. The van der Waals surface area contributed by atoms with Crippen LogP contribution in [0.2, 0.25) is 0 Å². The molecule has 0 amide bonds. The zero-order valence-corrected chi connectivity index (χ0v) is 25.6. The second-order valence-corrected chi connectivity index (χ2v) is 12.9. The van der Waals surface area contributed by atoms with Crippen LogP contribution < -0.4 is 5.43 Å². The topological polar surface area (TPSA) is 139 Å². The van der Waals surface area contributed by atoms with Crippen LogP contribution >= 0.6 is 0 Å². The molecule has 3 heterocycles. The number of likely N-dealkylation sites (N-methyl/N-ethyl adjacent to an activating group) is 1. The Labute approximate surface area is 249 Å². The first-order chi connectivity index (χ1) is 20.1. The number of rotatable bonds is 5. The monoisotopic (exact) mass is 591 g/mol. The number of benzene rings is 2. The lowest BCUT2D eigenvalue weighted by atomic mass is 9.77. The molecule has 6 unspecified atom stereocenters. The lowest BCUT2D eigenvalue weighted by molar-refractivity contribution is -0.176. The van der Waals surface area contributed by atoms with Crippen molar-refractivity contribution in [3.63, 3.8) is 0 Å². The number of fused-ring (bicyclic) bond motifs is 4. The molecule has 2 aromatic carbocycles. The van der Waals surface area contributed by atoms with Gasteiger partial charge in [0.05, 0.1) is 40.9 Å². The summed E-state index contributed by atoms with van der Waals surface area (Å²) in [4.78, 5) is 43.4. The van der Waals surface area contributed by atoms with Crippen LogP contribution in [0.4, 0.5) is 0 Å². The smallest absolute Gasteiger partial charge is 0.202 e. The number of carbonyl (C=O) groups excluding carboxylic acids is 2. The van der Waals surface area contributed by atoms with Gasteiger partial charge in [0.1, 0.15) is 17.1 Å². The summed E-state index contributed by atoms with van der Waals surface area (Å²) in [5.41, 5.74) is -1.41. The molecule has 3 aliphatic rings. The van der Waals surface area contributed by atoms with E-state index in [4.69, 9.17) is 18.6 Å². The van der Waals surface area contributed by atoms with Crippen molar-refractivity contribution in [2.45, 2.75) is 89.8 Å². The minimum Gasteiger partial charge on any atom is -0.507 e. The lowest BCUT2D eigenvalue weighted by Gasteiger charge is -2.49. The first kappa shape index (κ1) is 29.7. The maximum absolute atomic E-state index is 14.3. The van der Waals surface area contributed by atoms with Crippen LogP contribution in [-0.4, -0.2) is 70.9 Å². The third kappa shape index (κ3) is 4.30. The van der Waals surface area contributed by atoms with E-state index in [1.54, 1.807) is 26.8 Å². The van der Waals surface area contributed by atoms with Crippen molar-refractivity contribution in [3.05, 3.63) is 73.6 Å². The normalized spacial score (nSPS) is 30.2. The SMILES string of the molecule is Cc1cc2c(c3oc(C4(C)OC4OC(C)C)cc(=O)c13)C(=O)c1c(ccc(C3CC(C)(N(C)C)C(O)C(C)O3)c1O)C2=O. The van der Waals surface area contributed by atoms with E-state index in [0.717, 1.165) is 0 Å². The van der Waals surface area contributed by atoms with Gasteiger partial charge in [-0.05, 0) is 79.8 Å². The van der Waals surface area contributed by atoms with Crippen molar-refractivity contribution in [2.75, 3.05) is 14.1 Å². The molecule has 6 rings (SSSR count). The third-order valence-electron chi connectivity index (χ3n) is 9.41. The quantitative estimate of drug-likeness (QED) is 0.326. The van der Waals surface area contributed by atoms with Gasteiger partial charge < -0.3 is 33.7 Å². The van der Waals surface area contributed by atoms with E-state index in [1.165, 1.54) is 18.2 Å². The van der Waals surface area contributed by atoms with Crippen LogP contribution in [0.5, 0.6) is 5.75 Å². The van der Waals surface area contributed by atoms with Crippen molar-refractivity contribution in [2.24, 2.45) is 0 Å². The number of carbonyl (C=O) groups is 2. The zero-order valence-electron chi connectivity index (χ0n) is 25.6. The van der Waals surface area contributed by atoms with Gasteiger partial charge in [-0.15, -0.1) is 0 Å². The molecular weight excluding hydrogens is 554 g/mol. The Morgan fingerprint density at radius 1 is 1.05 bits per heavy atom. The summed E-state index contributed by atoms with van der Waals surface area (Å²) in [7, 11) is 3.73. The van der Waals surface area contributed by atoms with Crippen LogP contribution in [0, 0.1) is 6.92 Å². The number of phenolic OH excluding ortho intramolecular Hbond substituents is 1. The molecule has 43 heavy (non-hydrogen) atoms. The fraction of sp³-hybridized carbons (Fsp3) is 0.485. The predicted octanol–water partition coefficient (Wildman–Crippen LogP) is 4.11. The van der Waals surface area contributed by atoms with Gasteiger partial charge in [-0.3, -0.25) is 14.4 Å². The number of aliphatic hydroxyl groups excluding tert-OH is 1. The van der Waals surface area contributed by atoms with Gasteiger partial charge in [-0.2, -0.15) is 0 Å². The lowest BCUT2D eigenvalue weighted by Crippen LogP contribution is -2.59. The number of ether oxygens (including phenoxy) is 3. The summed E-state index contributed by atoms with van der Waals surface area (Å²) in [6.07, 6.45) is -2.45. The van der Waals surface area contributed by atoms with E-state index < -0.39 is 47.3 Å². The van der Waals surface area contributed by atoms with Crippen molar-refractivity contribution in [1.29, 1.82) is 0 Å². The predicted molar refractivity (Wildman–Crippen MR) is 157 cm³/mol. The van der Waals surface area contributed by atoms with E-state index in [2.05, 4.69) is 0 Å². The average Bonchev–Trinajstić information content (AvgIpc) is 3.58. The van der Waals surface area contributed by atoms with Gasteiger partial charge in [-0.25, -0.2) is 0 Å². The summed E-state index contributed by atoms with van der Waals surface area (Å²) >= 11 is 0. The van der Waals surface area contributed by atoms with Crippen LogP contribution in [0.15, 0.2) is 33.5 Å². The molecule has 2 fully saturated rings. The summed E-state index contributed by atoms with van der Waals surface area (Å²) in [5, 5.41) is 22.7. The number of epoxide rings is 1. The average molecular weight is 592 g/mol. The summed E-state index contributed by atoms with van der Waals surface area (Å²) < 4.78 is 23.9. The number of aromatic hydroxyl groups is 1. The van der Waals surface area contributed by atoms with Gasteiger partial charge in [0.25, 0.3) is 0 Å². The molecule has 1 aliphatic carbocycles. The molecule has 10 heteroatoms. The molecule has 0 spiro atoms. The number of aliphatic hydroxyl groups is 1. The molecule has 2 N–H and O–H groups in total. The Hall–Kier alpha value is -3.41. The van der Waals surface area contributed by atoms with Crippen molar-refractivity contribution >= 4 is 22.5 Å². The summed E-state index contributed by atoms with van der Waals surface area (Å²) in [6, 6.07) is 5.99. The molecular formula is C33H37NO9. The second-order valence-electron chi connectivity index (χ2n) is 12.9. The molecule has 3 aromatic rings. The number of nitrogens with zero attached hydrogens (tertiary/aromatic N) is 1. The highest BCUT2D eigenvalue weighted by Gasteiger charge is 2.58. The Morgan fingerprint density at radius 2 is 1.74 bits per heavy atom. The first-order valence-electron chi connectivity index (χ1n) is 14.5.